The highest BCUT2D eigenvalue weighted by molar-refractivity contribution is 6.30. The maximum Gasteiger partial charge on any atom is 0.251 e. The van der Waals surface area contributed by atoms with Gasteiger partial charge in [-0.3, -0.25) is 4.79 Å². The second kappa shape index (κ2) is 7.50. The lowest BCUT2D eigenvalue weighted by atomic mass is 9.93. The van der Waals surface area contributed by atoms with Gasteiger partial charge in [0.2, 0.25) is 0 Å². The van der Waals surface area contributed by atoms with E-state index in [0.717, 1.165) is 29.9 Å². The van der Waals surface area contributed by atoms with Crippen LogP contribution in [-0.2, 0) is 4.79 Å². The fraction of sp³-hybridized carbons (Fsp3) is 0.227. The fourth-order valence-corrected chi connectivity index (χ4v) is 3.81. The number of amides is 1. The summed E-state index contributed by atoms with van der Waals surface area (Å²) in [7, 11) is 0. The van der Waals surface area contributed by atoms with Gasteiger partial charge in [-0.25, -0.2) is 4.98 Å². The SMILES string of the molecule is C=C1C/C(=C\c2cnn3c(NC4CCC4)cc(Nc4cccc(Cl)c4)nc23)C(=O)N1. The van der Waals surface area contributed by atoms with Crippen molar-refractivity contribution >= 4 is 46.6 Å². The van der Waals surface area contributed by atoms with Crippen molar-refractivity contribution in [3.05, 3.63) is 65.0 Å². The van der Waals surface area contributed by atoms with Crippen LogP contribution in [0.4, 0.5) is 17.3 Å². The number of aromatic nitrogens is 3. The van der Waals surface area contributed by atoms with Gasteiger partial charge in [0.15, 0.2) is 5.65 Å². The van der Waals surface area contributed by atoms with Crippen LogP contribution < -0.4 is 16.0 Å². The Labute approximate surface area is 178 Å². The first-order chi connectivity index (χ1) is 14.5. The van der Waals surface area contributed by atoms with Crippen molar-refractivity contribution < 1.29 is 4.79 Å². The van der Waals surface area contributed by atoms with Crippen molar-refractivity contribution in [1.29, 1.82) is 0 Å². The Balaban J connectivity index is 1.57. The molecule has 8 heteroatoms. The van der Waals surface area contributed by atoms with Crippen LogP contribution >= 0.6 is 11.6 Å². The van der Waals surface area contributed by atoms with E-state index in [9.17, 15) is 4.79 Å². The number of allylic oxidation sites excluding steroid dienone is 1. The molecule has 0 bridgehead atoms. The lowest BCUT2D eigenvalue weighted by molar-refractivity contribution is -0.115. The third-order valence-electron chi connectivity index (χ3n) is 5.37. The van der Waals surface area contributed by atoms with E-state index in [-0.39, 0.29) is 5.91 Å². The van der Waals surface area contributed by atoms with Crippen molar-refractivity contribution in [1.82, 2.24) is 19.9 Å². The summed E-state index contributed by atoms with van der Waals surface area (Å²) in [6, 6.07) is 9.88. The zero-order chi connectivity index (χ0) is 20.7. The summed E-state index contributed by atoms with van der Waals surface area (Å²) in [4.78, 5) is 16.9. The molecule has 0 spiro atoms. The molecule has 0 radical (unpaired) electrons. The molecule has 1 saturated carbocycles. The zero-order valence-electron chi connectivity index (χ0n) is 16.3. The molecule has 30 heavy (non-hydrogen) atoms. The predicted molar refractivity (Wildman–Crippen MR) is 119 cm³/mol. The summed E-state index contributed by atoms with van der Waals surface area (Å²) in [5, 5.41) is 14.8. The number of hydrogen-bond acceptors (Lipinski definition) is 5. The van der Waals surface area contributed by atoms with Gasteiger partial charge in [0, 0.05) is 46.1 Å². The molecule has 7 nitrogen and oxygen atoms in total. The molecule has 0 unspecified atom stereocenters. The summed E-state index contributed by atoms with van der Waals surface area (Å²) < 4.78 is 1.79. The van der Waals surface area contributed by atoms with E-state index in [0.29, 0.717) is 40.2 Å². The molecule has 3 heterocycles. The van der Waals surface area contributed by atoms with E-state index < -0.39 is 0 Å². The summed E-state index contributed by atoms with van der Waals surface area (Å²) >= 11 is 6.12. The maximum atomic E-state index is 12.1. The molecule has 2 aromatic heterocycles. The Morgan fingerprint density at radius 1 is 1.30 bits per heavy atom. The average Bonchev–Trinajstić information content (AvgIpc) is 3.21. The van der Waals surface area contributed by atoms with Crippen LogP contribution in [-0.4, -0.2) is 26.5 Å². The number of fused-ring (bicyclic) bond motifs is 1. The van der Waals surface area contributed by atoms with E-state index >= 15 is 0 Å². The van der Waals surface area contributed by atoms with Crippen LogP contribution in [0.1, 0.15) is 31.2 Å². The van der Waals surface area contributed by atoms with Gasteiger partial charge in [-0.1, -0.05) is 24.2 Å². The van der Waals surface area contributed by atoms with Crippen LogP contribution in [0.25, 0.3) is 11.7 Å². The lowest BCUT2D eigenvalue weighted by Gasteiger charge is -2.27. The highest BCUT2D eigenvalue weighted by Crippen LogP contribution is 2.29. The zero-order valence-corrected chi connectivity index (χ0v) is 17.0. The maximum absolute atomic E-state index is 12.1. The monoisotopic (exact) mass is 420 g/mol. The number of carbonyl (C=O) groups is 1. The highest BCUT2D eigenvalue weighted by Gasteiger charge is 2.22. The minimum Gasteiger partial charge on any atom is -0.367 e. The minimum atomic E-state index is -0.125. The van der Waals surface area contributed by atoms with Crippen molar-refractivity contribution in [2.24, 2.45) is 0 Å². The van der Waals surface area contributed by atoms with Gasteiger partial charge >= 0.3 is 0 Å². The van der Waals surface area contributed by atoms with Gasteiger partial charge in [-0.15, -0.1) is 0 Å². The predicted octanol–water partition coefficient (Wildman–Crippen LogP) is 4.51. The topological polar surface area (TPSA) is 83.3 Å². The number of rotatable bonds is 5. The number of hydrogen-bond donors (Lipinski definition) is 3. The number of nitrogens with one attached hydrogen (secondary N) is 3. The van der Waals surface area contributed by atoms with Crippen molar-refractivity contribution in [3.63, 3.8) is 0 Å². The van der Waals surface area contributed by atoms with Crippen LogP contribution in [0.15, 0.2) is 54.4 Å². The number of nitrogens with zero attached hydrogens (tertiary/aromatic N) is 3. The lowest BCUT2D eigenvalue weighted by Crippen LogP contribution is -2.28. The van der Waals surface area contributed by atoms with Crippen molar-refractivity contribution in [3.8, 4) is 0 Å². The van der Waals surface area contributed by atoms with Gasteiger partial charge in [0.05, 0.1) is 6.20 Å². The van der Waals surface area contributed by atoms with Crippen LogP contribution in [0.5, 0.6) is 0 Å². The summed E-state index contributed by atoms with van der Waals surface area (Å²) in [5.74, 6) is 1.41. The van der Waals surface area contributed by atoms with E-state index in [1.54, 1.807) is 10.7 Å². The number of carbonyl (C=O) groups excluding carboxylic acids is 1. The smallest absolute Gasteiger partial charge is 0.251 e. The van der Waals surface area contributed by atoms with Crippen LogP contribution in [0.2, 0.25) is 5.02 Å². The van der Waals surface area contributed by atoms with Crippen LogP contribution in [0, 0.1) is 0 Å². The van der Waals surface area contributed by atoms with Crippen molar-refractivity contribution in [2.45, 2.75) is 31.7 Å². The van der Waals surface area contributed by atoms with Crippen LogP contribution in [0.3, 0.4) is 0 Å². The van der Waals surface area contributed by atoms with Crippen molar-refractivity contribution in [2.75, 3.05) is 10.6 Å². The summed E-state index contributed by atoms with van der Waals surface area (Å²) in [6.45, 7) is 3.84. The van der Waals surface area contributed by atoms with Gasteiger partial charge in [0.25, 0.3) is 5.91 Å². The molecule has 1 amide bonds. The first-order valence-corrected chi connectivity index (χ1v) is 10.3. The minimum absolute atomic E-state index is 0.125. The number of benzene rings is 1. The van der Waals surface area contributed by atoms with Gasteiger partial charge in [-0.05, 0) is 43.5 Å². The molecule has 5 rings (SSSR count). The largest absolute Gasteiger partial charge is 0.367 e. The molecule has 1 aliphatic carbocycles. The standard InChI is InChI=1S/C22H21ClN6O/c1-13-8-14(22(30)25-13)9-15-12-24-29-20(27-17-5-3-6-17)11-19(28-21(15)29)26-18-7-2-4-16(23)10-18/h2,4,7,9-12,17,27H,1,3,5-6,8H2,(H,25,30)(H,26,28)/b14-9+. The number of halogens is 1. The van der Waals surface area contributed by atoms with Gasteiger partial charge < -0.3 is 16.0 Å². The van der Waals surface area contributed by atoms with Gasteiger partial charge in [-0.2, -0.15) is 9.61 Å². The number of anilines is 3. The van der Waals surface area contributed by atoms with E-state index in [1.807, 2.05) is 36.4 Å². The molecular formula is C22H21ClN6O. The Morgan fingerprint density at radius 2 is 2.17 bits per heavy atom. The second-order valence-corrected chi connectivity index (χ2v) is 8.11. The third kappa shape index (κ3) is 3.64. The molecule has 2 aliphatic rings. The molecule has 2 fully saturated rings. The molecule has 3 N–H and O–H groups in total. The van der Waals surface area contributed by atoms with E-state index in [2.05, 4.69) is 27.6 Å². The molecule has 152 valence electrons. The molecular weight excluding hydrogens is 400 g/mol. The molecule has 1 aromatic carbocycles. The molecule has 1 aliphatic heterocycles. The first kappa shape index (κ1) is 18.7. The third-order valence-corrected chi connectivity index (χ3v) is 5.60. The van der Waals surface area contributed by atoms with E-state index in [4.69, 9.17) is 16.6 Å². The van der Waals surface area contributed by atoms with E-state index in [1.165, 1.54) is 6.42 Å². The Morgan fingerprint density at radius 3 is 2.87 bits per heavy atom. The average molecular weight is 421 g/mol. The Hall–Kier alpha value is -3.32. The quantitative estimate of drug-likeness (QED) is 0.529. The molecule has 0 atom stereocenters. The molecule has 1 saturated heterocycles. The molecule has 3 aromatic rings. The summed E-state index contributed by atoms with van der Waals surface area (Å²) in [5.41, 5.74) is 3.65. The first-order valence-electron chi connectivity index (χ1n) is 9.93. The van der Waals surface area contributed by atoms with Gasteiger partial charge in [0.1, 0.15) is 11.6 Å². The second-order valence-electron chi connectivity index (χ2n) is 7.67. The summed E-state index contributed by atoms with van der Waals surface area (Å²) in [6.07, 6.45) is 7.58. The highest BCUT2D eigenvalue weighted by atomic mass is 35.5. The fourth-order valence-electron chi connectivity index (χ4n) is 3.62. The Bertz CT molecular complexity index is 1190. The Kier molecular flexibility index (Phi) is 4.67. The normalized spacial score (nSPS) is 18.0.